The number of nitrogens with one attached hydrogen (secondary N) is 1. The van der Waals surface area contributed by atoms with Crippen LogP contribution < -0.4 is 5.32 Å². The van der Waals surface area contributed by atoms with Crippen LogP contribution in [0.3, 0.4) is 0 Å². The number of alkyl halides is 3. The number of rotatable bonds is 5. The van der Waals surface area contributed by atoms with Gasteiger partial charge in [-0.05, 0) is 17.7 Å². The predicted octanol–water partition coefficient (Wildman–Crippen LogP) is 1.12. The third-order valence-electron chi connectivity index (χ3n) is 2.79. The van der Waals surface area contributed by atoms with Crippen LogP contribution in [-0.4, -0.2) is 36.9 Å². The molecule has 8 nitrogen and oxygen atoms in total. The lowest BCUT2D eigenvalue weighted by atomic mass is 10.2. The minimum atomic E-state index is -4.98. The zero-order chi connectivity index (χ0) is 18.0. The molecule has 130 valence electrons. The number of hydrogen-bond donors (Lipinski definition) is 3. The highest BCUT2D eigenvalue weighted by molar-refractivity contribution is 7.50. The van der Waals surface area contributed by atoms with E-state index in [0.717, 1.165) is 0 Å². The Labute approximate surface area is 133 Å². The van der Waals surface area contributed by atoms with E-state index in [4.69, 9.17) is 9.79 Å². The summed E-state index contributed by atoms with van der Waals surface area (Å²) in [6, 6.07) is 6.11. The molecule has 0 atom stereocenters. The molecule has 12 heteroatoms. The van der Waals surface area contributed by atoms with Crippen molar-refractivity contribution < 1.29 is 32.3 Å². The molecular weight excluding hydrogens is 352 g/mol. The summed E-state index contributed by atoms with van der Waals surface area (Å²) in [5, 5.41) is 9.00. The maximum atomic E-state index is 12.1. The first-order chi connectivity index (χ1) is 11.0. The standard InChI is InChI=1S/C12H12F3N4O4P/c13-12(14,15)11(20)16-5-9-6-19(18-17-9)10-3-1-2-8(4-10)7-24(21,22)23/h1-4,6H,5,7H2,(H,16,20)(H2,21,22,23). The zero-order valence-electron chi connectivity index (χ0n) is 11.9. The smallest absolute Gasteiger partial charge is 0.342 e. The first-order valence-electron chi connectivity index (χ1n) is 6.45. The molecule has 1 heterocycles. The highest BCUT2D eigenvalue weighted by Crippen LogP contribution is 2.39. The maximum absolute atomic E-state index is 12.1. The van der Waals surface area contributed by atoms with Crippen molar-refractivity contribution in [2.75, 3.05) is 0 Å². The van der Waals surface area contributed by atoms with Gasteiger partial charge in [-0.25, -0.2) is 4.68 Å². The molecule has 0 radical (unpaired) electrons. The van der Waals surface area contributed by atoms with E-state index < -0.39 is 32.4 Å². The summed E-state index contributed by atoms with van der Waals surface area (Å²) in [5.74, 6) is -2.08. The van der Waals surface area contributed by atoms with Crippen molar-refractivity contribution in [2.45, 2.75) is 18.9 Å². The monoisotopic (exact) mass is 364 g/mol. The Hall–Kier alpha value is -2.23. The van der Waals surface area contributed by atoms with Gasteiger partial charge in [0.25, 0.3) is 0 Å². The van der Waals surface area contributed by atoms with Crippen molar-refractivity contribution in [3.8, 4) is 5.69 Å². The lowest BCUT2D eigenvalue weighted by Gasteiger charge is -2.06. The van der Waals surface area contributed by atoms with E-state index in [2.05, 4.69) is 10.3 Å². The Balaban J connectivity index is 2.09. The van der Waals surface area contributed by atoms with Crippen LogP contribution >= 0.6 is 7.60 Å². The van der Waals surface area contributed by atoms with Gasteiger partial charge in [-0.2, -0.15) is 13.2 Å². The van der Waals surface area contributed by atoms with Gasteiger partial charge in [-0.3, -0.25) is 9.36 Å². The molecular formula is C12H12F3N4O4P. The molecule has 0 unspecified atom stereocenters. The summed E-state index contributed by atoms with van der Waals surface area (Å²) in [7, 11) is -4.23. The molecule has 1 aromatic heterocycles. The van der Waals surface area contributed by atoms with Crippen molar-refractivity contribution in [3.63, 3.8) is 0 Å². The summed E-state index contributed by atoms with van der Waals surface area (Å²) >= 11 is 0. The second-order valence-electron chi connectivity index (χ2n) is 4.83. The Bertz CT molecular complexity index is 787. The predicted molar refractivity (Wildman–Crippen MR) is 75.0 cm³/mol. The second-order valence-corrected chi connectivity index (χ2v) is 6.47. The van der Waals surface area contributed by atoms with E-state index >= 15 is 0 Å². The van der Waals surface area contributed by atoms with Gasteiger partial charge >= 0.3 is 19.7 Å². The van der Waals surface area contributed by atoms with Crippen molar-refractivity contribution in [1.29, 1.82) is 0 Å². The first kappa shape index (κ1) is 18.1. The Morgan fingerprint density at radius 1 is 1.33 bits per heavy atom. The van der Waals surface area contributed by atoms with Crippen LogP contribution in [0.1, 0.15) is 11.3 Å². The average molecular weight is 364 g/mol. The van der Waals surface area contributed by atoms with Crippen LogP contribution in [0, 0.1) is 0 Å². The topological polar surface area (TPSA) is 117 Å². The van der Waals surface area contributed by atoms with Gasteiger partial charge in [0, 0.05) is 0 Å². The average Bonchev–Trinajstić information content (AvgIpc) is 2.91. The Morgan fingerprint density at radius 3 is 2.67 bits per heavy atom. The molecule has 0 aliphatic heterocycles. The van der Waals surface area contributed by atoms with Crippen LogP contribution in [0.5, 0.6) is 0 Å². The molecule has 3 N–H and O–H groups in total. The van der Waals surface area contributed by atoms with Gasteiger partial charge < -0.3 is 15.1 Å². The van der Waals surface area contributed by atoms with Crippen LogP contribution in [0.4, 0.5) is 13.2 Å². The molecule has 1 amide bonds. The van der Waals surface area contributed by atoms with Gasteiger partial charge in [0.05, 0.1) is 24.6 Å². The number of amides is 1. The number of benzene rings is 1. The van der Waals surface area contributed by atoms with Crippen LogP contribution in [0.25, 0.3) is 5.69 Å². The number of nitrogens with zero attached hydrogens (tertiary/aromatic N) is 3. The van der Waals surface area contributed by atoms with E-state index in [0.29, 0.717) is 11.3 Å². The highest BCUT2D eigenvalue weighted by Gasteiger charge is 2.38. The molecule has 0 saturated heterocycles. The van der Waals surface area contributed by atoms with Gasteiger partial charge in [0.15, 0.2) is 0 Å². The van der Waals surface area contributed by atoms with E-state index in [-0.39, 0.29) is 5.69 Å². The lowest BCUT2D eigenvalue weighted by Crippen LogP contribution is -2.36. The normalized spacial score (nSPS) is 12.2. The number of aromatic nitrogens is 3. The van der Waals surface area contributed by atoms with Crippen molar-refractivity contribution in [1.82, 2.24) is 20.3 Å². The third kappa shape index (κ3) is 5.15. The highest BCUT2D eigenvalue weighted by atomic mass is 31.2. The van der Waals surface area contributed by atoms with Gasteiger partial charge in [0.2, 0.25) is 0 Å². The van der Waals surface area contributed by atoms with Gasteiger partial charge in [-0.15, -0.1) is 5.10 Å². The molecule has 1 aromatic carbocycles. The number of halogens is 3. The second kappa shape index (κ2) is 6.71. The number of carbonyl (C=O) groups excluding carboxylic acids is 1. The SMILES string of the molecule is O=C(NCc1cn(-c2cccc(CP(=O)(O)O)c2)nn1)C(F)(F)F. The molecule has 24 heavy (non-hydrogen) atoms. The maximum Gasteiger partial charge on any atom is 0.471 e. The van der Waals surface area contributed by atoms with Crippen molar-refractivity contribution in [2.24, 2.45) is 0 Å². The van der Waals surface area contributed by atoms with Crippen molar-refractivity contribution in [3.05, 3.63) is 41.7 Å². The molecule has 2 rings (SSSR count). The summed E-state index contributed by atoms with van der Waals surface area (Å²) in [6.45, 7) is -0.458. The summed E-state index contributed by atoms with van der Waals surface area (Å²) in [4.78, 5) is 28.7. The van der Waals surface area contributed by atoms with Gasteiger partial charge in [0.1, 0.15) is 5.69 Å². The number of carbonyl (C=O) groups is 1. The molecule has 0 bridgehead atoms. The van der Waals surface area contributed by atoms with Crippen molar-refractivity contribution >= 4 is 13.5 Å². The summed E-state index contributed by atoms with van der Waals surface area (Å²) < 4.78 is 48.5. The summed E-state index contributed by atoms with van der Waals surface area (Å²) in [6.07, 6.45) is -4.13. The zero-order valence-corrected chi connectivity index (χ0v) is 12.8. The van der Waals surface area contributed by atoms with E-state index in [1.165, 1.54) is 23.0 Å². The van der Waals surface area contributed by atoms with E-state index in [1.807, 2.05) is 0 Å². The van der Waals surface area contributed by atoms with Gasteiger partial charge in [-0.1, -0.05) is 17.3 Å². The fraction of sp³-hybridized carbons (Fsp3) is 0.250. The molecule has 0 fully saturated rings. The Morgan fingerprint density at radius 2 is 2.04 bits per heavy atom. The quantitative estimate of drug-likeness (QED) is 0.685. The van der Waals surface area contributed by atoms with E-state index in [1.54, 1.807) is 17.4 Å². The minimum Gasteiger partial charge on any atom is -0.342 e. The molecule has 0 aliphatic carbocycles. The molecule has 0 aliphatic rings. The third-order valence-corrected chi connectivity index (χ3v) is 3.57. The molecule has 2 aromatic rings. The fourth-order valence-corrected chi connectivity index (χ4v) is 2.48. The number of hydrogen-bond acceptors (Lipinski definition) is 4. The fourth-order valence-electron chi connectivity index (χ4n) is 1.81. The molecule has 0 spiro atoms. The lowest BCUT2D eigenvalue weighted by molar-refractivity contribution is -0.173. The van der Waals surface area contributed by atoms with Crippen LogP contribution in [-0.2, 0) is 22.1 Å². The Kier molecular flexibility index (Phi) is 5.07. The first-order valence-corrected chi connectivity index (χ1v) is 8.24. The molecule has 0 saturated carbocycles. The van der Waals surface area contributed by atoms with E-state index in [9.17, 15) is 22.5 Å². The summed E-state index contributed by atoms with van der Waals surface area (Å²) in [5.41, 5.74) is 0.873. The largest absolute Gasteiger partial charge is 0.471 e. The minimum absolute atomic E-state index is 0.0907. The van der Waals surface area contributed by atoms with Crippen LogP contribution in [0.15, 0.2) is 30.5 Å². The van der Waals surface area contributed by atoms with Crippen LogP contribution in [0.2, 0.25) is 0 Å².